The van der Waals surface area contributed by atoms with Crippen LogP contribution in [0.1, 0.15) is 43.5 Å². The third-order valence-electron chi connectivity index (χ3n) is 3.27. The first-order valence-electron chi connectivity index (χ1n) is 6.37. The third-order valence-corrected chi connectivity index (χ3v) is 3.27. The Morgan fingerprint density at radius 1 is 0.957 bits per heavy atom. The Morgan fingerprint density at radius 2 is 1.43 bits per heavy atom. The number of hydrogen-bond acceptors (Lipinski definition) is 2. The Kier molecular flexibility index (Phi) is 6.57. The van der Waals surface area contributed by atoms with Gasteiger partial charge in [0.1, 0.15) is 0 Å². The molecule has 0 saturated carbocycles. The van der Waals surface area contributed by atoms with Gasteiger partial charge in [0.25, 0.3) is 0 Å². The molecule has 0 radical (unpaired) electrons. The highest BCUT2D eigenvalue weighted by atomic mass is 35.5. The van der Waals surface area contributed by atoms with Crippen molar-refractivity contribution in [3.63, 3.8) is 0 Å². The largest absolute Gasteiger partial charge is 0.416 e. The molecule has 1 rings (SSSR count). The second-order valence-electron chi connectivity index (χ2n) is 6.13. The molecule has 0 aliphatic carbocycles. The van der Waals surface area contributed by atoms with E-state index in [2.05, 4.69) is 0 Å². The van der Waals surface area contributed by atoms with Crippen molar-refractivity contribution in [3.05, 3.63) is 34.9 Å². The van der Waals surface area contributed by atoms with Crippen LogP contribution in [-0.2, 0) is 12.4 Å². The maximum Gasteiger partial charge on any atom is 0.416 e. The highest BCUT2D eigenvalue weighted by Crippen LogP contribution is 2.40. The van der Waals surface area contributed by atoms with E-state index in [0.29, 0.717) is 18.2 Å². The van der Waals surface area contributed by atoms with Crippen LogP contribution in [0.3, 0.4) is 0 Å². The first-order valence-corrected chi connectivity index (χ1v) is 6.37. The van der Waals surface area contributed by atoms with E-state index in [-0.39, 0.29) is 12.4 Å². The van der Waals surface area contributed by atoms with E-state index in [1.807, 2.05) is 0 Å². The van der Waals surface area contributed by atoms with E-state index in [9.17, 15) is 31.4 Å². The smallest absolute Gasteiger partial charge is 0.391 e. The van der Waals surface area contributed by atoms with Gasteiger partial charge in [-0.2, -0.15) is 26.3 Å². The molecule has 0 heterocycles. The molecule has 1 aromatic rings. The summed E-state index contributed by atoms with van der Waals surface area (Å²) >= 11 is 0. The number of aliphatic hydroxyl groups is 1. The van der Waals surface area contributed by atoms with E-state index in [1.165, 1.54) is 20.8 Å². The Balaban J connectivity index is 0.00000484. The molecule has 0 bridgehead atoms. The molecule has 0 spiro atoms. The summed E-state index contributed by atoms with van der Waals surface area (Å²) < 4.78 is 77.1. The van der Waals surface area contributed by atoms with Crippen molar-refractivity contribution in [1.82, 2.24) is 0 Å². The molecule has 0 aliphatic heterocycles. The van der Waals surface area contributed by atoms with Gasteiger partial charge in [-0.15, -0.1) is 12.4 Å². The summed E-state index contributed by atoms with van der Waals surface area (Å²) in [5.41, 5.74) is 1.43. The average molecular weight is 366 g/mol. The molecule has 1 aromatic carbocycles. The minimum absolute atomic E-state index is 0. The van der Waals surface area contributed by atoms with Crippen molar-refractivity contribution in [2.45, 2.75) is 45.3 Å². The van der Waals surface area contributed by atoms with Crippen LogP contribution in [0.4, 0.5) is 26.3 Å². The summed E-state index contributed by atoms with van der Waals surface area (Å²) in [6, 6.07) is -0.558. The van der Waals surface area contributed by atoms with Crippen molar-refractivity contribution in [2.24, 2.45) is 11.1 Å². The number of aliphatic hydroxyl groups excluding tert-OH is 1. The minimum Gasteiger partial charge on any atom is -0.391 e. The standard InChI is InChI=1S/C14H17F6NO.ClH/c1-12(2,3)11(22)10(21)8-6-7(13(15,16)17)4-5-9(8)14(18,19)20;/h4-6,10-11,22H,21H2,1-3H3;1H/t10-,11-;/m1./s1. The molecule has 0 unspecified atom stereocenters. The number of halogens is 7. The lowest BCUT2D eigenvalue weighted by Gasteiger charge is -2.32. The first-order chi connectivity index (χ1) is 9.65. The molecule has 0 amide bonds. The van der Waals surface area contributed by atoms with Gasteiger partial charge in [-0.3, -0.25) is 0 Å². The number of alkyl halides is 6. The van der Waals surface area contributed by atoms with Crippen LogP contribution in [0, 0.1) is 5.41 Å². The number of rotatable bonds is 2. The third kappa shape index (κ3) is 5.26. The molecule has 23 heavy (non-hydrogen) atoms. The van der Waals surface area contributed by atoms with Crippen molar-refractivity contribution in [2.75, 3.05) is 0 Å². The molecule has 2 nitrogen and oxygen atoms in total. The summed E-state index contributed by atoms with van der Waals surface area (Å²) in [6.45, 7) is 4.58. The quantitative estimate of drug-likeness (QED) is 0.755. The highest BCUT2D eigenvalue weighted by molar-refractivity contribution is 5.85. The van der Waals surface area contributed by atoms with Gasteiger partial charge in [-0.1, -0.05) is 20.8 Å². The van der Waals surface area contributed by atoms with Crippen molar-refractivity contribution >= 4 is 12.4 Å². The second-order valence-corrected chi connectivity index (χ2v) is 6.13. The van der Waals surface area contributed by atoms with E-state index in [4.69, 9.17) is 5.73 Å². The van der Waals surface area contributed by atoms with Gasteiger partial charge in [0.2, 0.25) is 0 Å². The first kappa shape index (κ1) is 22.0. The van der Waals surface area contributed by atoms with Crippen LogP contribution in [0.25, 0.3) is 0 Å². The lowest BCUT2D eigenvalue weighted by atomic mass is 9.81. The second kappa shape index (κ2) is 6.86. The summed E-state index contributed by atoms with van der Waals surface area (Å²) in [7, 11) is 0. The van der Waals surface area contributed by atoms with Crippen LogP contribution >= 0.6 is 12.4 Å². The molecule has 2 atom stereocenters. The fourth-order valence-electron chi connectivity index (χ4n) is 1.98. The van der Waals surface area contributed by atoms with Gasteiger partial charge >= 0.3 is 12.4 Å². The van der Waals surface area contributed by atoms with Gasteiger partial charge in [-0.05, 0) is 29.2 Å². The molecule has 0 aliphatic rings. The average Bonchev–Trinajstić information content (AvgIpc) is 2.33. The zero-order chi connectivity index (χ0) is 17.5. The van der Waals surface area contributed by atoms with Gasteiger partial charge < -0.3 is 10.8 Å². The van der Waals surface area contributed by atoms with Gasteiger partial charge in [0, 0.05) is 0 Å². The SMILES string of the molecule is CC(C)(C)[C@H](O)[C@H](N)c1cc(C(F)(F)F)ccc1C(F)(F)F.Cl. The van der Waals surface area contributed by atoms with Gasteiger partial charge in [-0.25, -0.2) is 0 Å². The minimum atomic E-state index is -4.87. The predicted octanol–water partition coefficient (Wildman–Crippen LogP) is 4.55. The van der Waals surface area contributed by atoms with Crippen LogP contribution < -0.4 is 5.73 Å². The van der Waals surface area contributed by atoms with Crippen LogP contribution in [0.2, 0.25) is 0 Å². The topological polar surface area (TPSA) is 46.2 Å². The Hall–Kier alpha value is -0.990. The monoisotopic (exact) mass is 365 g/mol. The molecule has 0 fully saturated rings. The van der Waals surface area contributed by atoms with Crippen molar-refractivity contribution in [3.8, 4) is 0 Å². The lowest BCUT2D eigenvalue weighted by Crippen LogP contribution is -2.38. The Bertz CT molecular complexity index is 536. The van der Waals surface area contributed by atoms with Crippen LogP contribution in [0.5, 0.6) is 0 Å². The van der Waals surface area contributed by atoms with Crippen LogP contribution in [-0.4, -0.2) is 11.2 Å². The molecule has 3 N–H and O–H groups in total. The van der Waals surface area contributed by atoms with Crippen LogP contribution in [0.15, 0.2) is 18.2 Å². The van der Waals surface area contributed by atoms with E-state index >= 15 is 0 Å². The van der Waals surface area contributed by atoms with Crippen molar-refractivity contribution < 1.29 is 31.4 Å². The Morgan fingerprint density at radius 3 is 1.78 bits per heavy atom. The fraction of sp³-hybridized carbons (Fsp3) is 0.571. The summed E-state index contributed by atoms with van der Waals surface area (Å²) in [6.07, 6.45) is -11.1. The number of hydrogen-bond donors (Lipinski definition) is 2. The molecule has 134 valence electrons. The fourth-order valence-corrected chi connectivity index (χ4v) is 1.98. The normalized spacial score (nSPS) is 15.8. The van der Waals surface area contributed by atoms with E-state index in [1.54, 1.807) is 0 Å². The van der Waals surface area contributed by atoms with E-state index in [0.717, 1.165) is 0 Å². The Labute approximate surface area is 136 Å². The van der Waals surface area contributed by atoms with Crippen molar-refractivity contribution in [1.29, 1.82) is 0 Å². The molecular formula is C14H18ClF6NO. The maximum absolute atomic E-state index is 13.0. The van der Waals surface area contributed by atoms with Gasteiger partial charge in [0.15, 0.2) is 0 Å². The molecule has 0 aromatic heterocycles. The summed E-state index contributed by atoms with van der Waals surface area (Å²) in [5.74, 6) is 0. The molecular weight excluding hydrogens is 348 g/mol. The maximum atomic E-state index is 13.0. The highest BCUT2D eigenvalue weighted by Gasteiger charge is 2.40. The number of nitrogens with two attached hydrogens (primary N) is 1. The molecule has 9 heteroatoms. The zero-order valence-electron chi connectivity index (χ0n) is 12.6. The zero-order valence-corrected chi connectivity index (χ0v) is 13.4. The number of benzene rings is 1. The summed E-state index contributed by atoms with van der Waals surface area (Å²) in [5, 5.41) is 10.0. The lowest BCUT2D eigenvalue weighted by molar-refractivity contribution is -0.142. The van der Waals surface area contributed by atoms with Gasteiger partial charge in [0.05, 0.1) is 23.3 Å². The van der Waals surface area contributed by atoms with E-state index < -0.39 is 46.6 Å². The predicted molar refractivity (Wildman–Crippen MR) is 76.1 cm³/mol. The summed E-state index contributed by atoms with van der Waals surface area (Å²) in [4.78, 5) is 0. The molecule has 0 saturated heterocycles.